The standard InChI is InChI=1S/C20H22O4/c1-13-9-15-11-20(18(21)23-2,19(22)24-3)12-17(15)16(10-13)14-7-5-4-6-8-14/h4-9,15H,10-12H2,1-3H3/t15-/m0/s1. The molecule has 1 aromatic rings. The number of carbonyl (C=O) groups is 2. The smallest absolute Gasteiger partial charge is 0.323 e. The molecule has 1 aromatic carbocycles. The molecule has 0 radical (unpaired) electrons. The van der Waals surface area contributed by atoms with Gasteiger partial charge >= 0.3 is 11.9 Å². The minimum atomic E-state index is -1.23. The van der Waals surface area contributed by atoms with Gasteiger partial charge in [0.15, 0.2) is 5.41 Å². The number of rotatable bonds is 3. The predicted octanol–water partition coefficient (Wildman–Crippen LogP) is 3.53. The van der Waals surface area contributed by atoms with Crippen LogP contribution in [0.2, 0.25) is 0 Å². The Bertz CT molecular complexity index is 711. The van der Waals surface area contributed by atoms with Crippen LogP contribution in [0, 0.1) is 11.3 Å². The minimum absolute atomic E-state index is 0.0761. The van der Waals surface area contributed by atoms with E-state index in [-0.39, 0.29) is 5.92 Å². The molecule has 0 aromatic heterocycles. The van der Waals surface area contributed by atoms with Gasteiger partial charge in [-0.05, 0) is 37.3 Å². The fourth-order valence-electron chi connectivity index (χ4n) is 4.02. The molecule has 1 atom stereocenters. The summed E-state index contributed by atoms with van der Waals surface area (Å²) in [5.74, 6) is -0.934. The molecule has 0 unspecified atom stereocenters. The van der Waals surface area contributed by atoms with Crippen molar-refractivity contribution in [2.45, 2.75) is 26.2 Å². The summed E-state index contributed by atoms with van der Waals surface area (Å²) in [6.07, 6.45) is 3.80. The van der Waals surface area contributed by atoms with Gasteiger partial charge < -0.3 is 9.47 Å². The highest BCUT2D eigenvalue weighted by atomic mass is 16.5. The molecule has 0 bridgehead atoms. The maximum absolute atomic E-state index is 12.4. The molecule has 2 aliphatic carbocycles. The Hall–Kier alpha value is -2.36. The largest absolute Gasteiger partial charge is 0.468 e. The van der Waals surface area contributed by atoms with Crippen LogP contribution in [-0.2, 0) is 19.1 Å². The number of methoxy groups -OCH3 is 2. The Morgan fingerprint density at radius 1 is 1.08 bits per heavy atom. The third kappa shape index (κ3) is 2.56. The minimum Gasteiger partial charge on any atom is -0.468 e. The number of hydrogen-bond donors (Lipinski definition) is 0. The molecule has 0 N–H and O–H groups in total. The third-order valence-corrected chi connectivity index (χ3v) is 5.11. The molecule has 24 heavy (non-hydrogen) atoms. The fourth-order valence-corrected chi connectivity index (χ4v) is 4.02. The number of hydrogen-bond acceptors (Lipinski definition) is 4. The average Bonchev–Trinajstić information content (AvgIpc) is 3.00. The molecule has 0 spiro atoms. The first-order valence-electron chi connectivity index (χ1n) is 8.13. The maximum Gasteiger partial charge on any atom is 0.323 e. The van der Waals surface area contributed by atoms with Gasteiger partial charge in [0.05, 0.1) is 14.2 Å². The first kappa shape index (κ1) is 16.5. The Morgan fingerprint density at radius 2 is 1.71 bits per heavy atom. The highest BCUT2D eigenvalue weighted by Crippen LogP contribution is 2.53. The van der Waals surface area contributed by atoms with Gasteiger partial charge in [-0.2, -0.15) is 0 Å². The molecule has 0 heterocycles. The van der Waals surface area contributed by atoms with Crippen LogP contribution < -0.4 is 0 Å². The van der Waals surface area contributed by atoms with E-state index >= 15 is 0 Å². The van der Waals surface area contributed by atoms with Crippen molar-refractivity contribution in [3.8, 4) is 0 Å². The summed E-state index contributed by atoms with van der Waals surface area (Å²) in [6, 6.07) is 10.2. The van der Waals surface area contributed by atoms with Crippen molar-refractivity contribution in [2.24, 2.45) is 11.3 Å². The second-order valence-electron chi connectivity index (χ2n) is 6.61. The number of ether oxygens (including phenoxy) is 2. The summed E-state index contributed by atoms with van der Waals surface area (Å²) in [6.45, 7) is 2.09. The van der Waals surface area contributed by atoms with Crippen molar-refractivity contribution in [1.29, 1.82) is 0 Å². The van der Waals surface area contributed by atoms with Gasteiger partial charge in [-0.1, -0.05) is 47.6 Å². The van der Waals surface area contributed by atoms with Gasteiger partial charge in [0.2, 0.25) is 0 Å². The maximum atomic E-state index is 12.4. The topological polar surface area (TPSA) is 52.6 Å². The summed E-state index contributed by atoms with van der Waals surface area (Å²) in [5.41, 5.74) is 3.55. The van der Waals surface area contributed by atoms with Crippen LogP contribution in [0.1, 0.15) is 31.7 Å². The zero-order valence-corrected chi connectivity index (χ0v) is 14.3. The first-order chi connectivity index (χ1) is 11.5. The summed E-state index contributed by atoms with van der Waals surface area (Å²) in [5, 5.41) is 0. The van der Waals surface area contributed by atoms with E-state index in [2.05, 4.69) is 25.1 Å². The summed E-state index contributed by atoms with van der Waals surface area (Å²) in [7, 11) is 2.64. The lowest BCUT2D eigenvalue weighted by atomic mass is 9.83. The highest BCUT2D eigenvalue weighted by Gasteiger charge is 2.56. The molecule has 3 rings (SSSR count). The molecular weight excluding hydrogens is 304 g/mol. The van der Waals surface area contributed by atoms with Gasteiger partial charge in [0, 0.05) is 5.92 Å². The number of carbonyl (C=O) groups excluding carboxylic acids is 2. The molecule has 2 aliphatic rings. The lowest BCUT2D eigenvalue weighted by Crippen LogP contribution is -2.39. The zero-order valence-electron chi connectivity index (χ0n) is 14.3. The van der Waals surface area contributed by atoms with Crippen molar-refractivity contribution < 1.29 is 19.1 Å². The van der Waals surface area contributed by atoms with Gasteiger partial charge in [-0.3, -0.25) is 9.59 Å². The molecule has 0 amide bonds. The number of allylic oxidation sites excluding steroid dienone is 4. The molecule has 1 saturated carbocycles. The zero-order chi connectivity index (χ0) is 17.3. The van der Waals surface area contributed by atoms with Gasteiger partial charge in [0.1, 0.15) is 0 Å². The van der Waals surface area contributed by atoms with Crippen LogP contribution in [0.15, 0.2) is 47.6 Å². The molecule has 0 saturated heterocycles. The van der Waals surface area contributed by atoms with Crippen LogP contribution >= 0.6 is 0 Å². The monoisotopic (exact) mass is 326 g/mol. The van der Waals surface area contributed by atoms with Crippen LogP contribution in [0.25, 0.3) is 5.57 Å². The molecule has 1 fully saturated rings. The molecule has 4 nitrogen and oxygen atoms in total. The Balaban J connectivity index is 2.10. The number of fused-ring (bicyclic) bond motifs is 1. The third-order valence-electron chi connectivity index (χ3n) is 5.11. The number of esters is 2. The average molecular weight is 326 g/mol. The van der Waals surface area contributed by atoms with Crippen molar-refractivity contribution in [2.75, 3.05) is 14.2 Å². The second kappa shape index (κ2) is 6.27. The van der Waals surface area contributed by atoms with Crippen LogP contribution in [0.5, 0.6) is 0 Å². The Morgan fingerprint density at radius 3 is 2.29 bits per heavy atom. The SMILES string of the molecule is COC(=O)C1(C(=O)OC)CC2=C(c3ccccc3)CC(C)=C[C@H]2C1. The number of benzene rings is 1. The predicted molar refractivity (Wildman–Crippen MR) is 90.9 cm³/mol. The van der Waals surface area contributed by atoms with Crippen molar-refractivity contribution in [1.82, 2.24) is 0 Å². The van der Waals surface area contributed by atoms with E-state index in [4.69, 9.17) is 9.47 Å². The van der Waals surface area contributed by atoms with Gasteiger partial charge in [-0.15, -0.1) is 0 Å². The van der Waals surface area contributed by atoms with Gasteiger partial charge in [-0.25, -0.2) is 0 Å². The lowest BCUT2D eigenvalue weighted by Gasteiger charge is -2.22. The molecule has 4 heteroatoms. The second-order valence-corrected chi connectivity index (χ2v) is 6.61. The van der Waals surface area contributed by atoms with E-state index in [1.54, 1.807) is 0 Å². The summed E-state index contributed by atoms with van der Waals surface area (Å²) in [4.78, 5) is 24.9. The van der Waals surface area contributed by atoms with Gasteiger partial charge in [0.25, 0.3) is 0 Å². The van der Waals surface area contributed by atoms with E-state index < -0.39 is 17.4 Å². The fraction of sp³-hybridized carbons (Fsp3) is 0.400. The highest BCUT2D eigenvalue weighted by molar-refractivity contribution is 6.01. The van der Waals surface area contributed by atoms with E-state index in [0.29, 0.717) is 12.8 Å². The van der Waals surface area contributed by atoms with E-state index in [1.807, 2.05) is 18.2 Å². The Kier molecular flexibility index (Phi) is 4.31. The van der Waals surface area contributed by atoms with Crippen molar-refractivity contribution >= 4 is 17.5 Å². The molecule has 0 aliphatic heterocycles. The van der Waals surface area contributed by atoms with Crippen LogP contribution in [0.4, 0.5) is 0 Å². The molecule has 126 valence electrons. The van der Waals surface area contributed by atoms with Crippen molar-refractivity contribution in [3.63, 3.8) is 0 Å². The molecular formula is C20H22O4. The van der Waals surface area contributed by atoms with Crippen LogP contribution in [-0.4, -0.2) is 26.2 Å². The van der Waals surface area contributed by atoms with E-state index in [0.717, 1.165) is 17.6 Å². The van der Waals surface area contributed by atoms with E-state index in [1.165, 1.54) is 25.4 Å². The van der Waals surface area contributed by atoms with Crippen molar-refractivity contribution in [3.05, 3.63) is 53.1 Å². The Labute approximate surface area is 142 Å². The van der Waals surface area contributed by atoms with E-state index in [9.17, 15) is 9.59 Å². The summed E-state index contributed by atoms with van der Waals surface area (Å²) >= 11 is 0. The normalized spacial score (nSPS) is 21.8. The van der Waals surface area contributed by atoms with Crippen LogP contribution in [0.3, 0.4) is 0 Å². The first-order valence-corrected chi connectivity index (χ1v) is 8.13. The summed E-state index contributed by atoms with van der Waals surface area (Å²) < 4.78 is 9.90. The quantitative estimate of drug-likeness (QED) is 0.484. The lowest BCUT2D eigenvalue weighted by molar-refractivity contribution is -0.168.